The second-order valence-electron chi connectivity index (χ2n) is 6.95. The Bertz CT molecular complexity index is 823. The molecule has 28 heavy (non-hydrogen) atoms. The van der Waals surface area contributed by atoms with Gasteiger partial charge in [-0.1, -0.05) is 60.7 Å². The van der Waals surface area contributed by atoms with Gasteiger partial charge in [-0.05, 0) is 24.0 Å². The third-order valence-corrected chi connectivity index (χ3v) is 4.93. The molecule has 3 rings (SSSR count). The van der Waals surface area contributed by atoms with Crippen LogP contribution in [-0.2, 0) is 20.8 Å². The van der Waals surface area contributed by atoms with Crippen molar-refractivity contribution in [2.75, 3.05) is 6.54 Å². The minimum absolute atomic E-state index is 0.0785. The molecule has 0 bridgehead atoms. The van der Waals surface area contributed by atoms with Gasteiger partial charge in [-0.2, -0.15) is 0 Å². The third-order valence-electron chi connectivity index (χ3n) is 4.93. The van der Waals surface area contributed by atoms with Gasteiger partial charge in [0.05, 0.1) is 0 Å². The SMILES string of the molecule is O=C(O)C(Cc1ccccc1)NC(=O)C(c1ccccc1)N1CCCCC1=O. The van der Waals surface area contributed by atoms with Crippen LogP contribution in [0.15, 0.2) is 60.7 Å². The largest absolute Gasteiger partial charge is 0.480 e. The zero-order chi connectivity index (χ0) is 19.9. The molecule has 0 spiro atoms. The summed E-state index contributed by atoms with van der Waals surface area (Å²) < 4.78 is 0. The molecular formula is C22H24N2O4. The summed E-state index contributed by atoms with van der Waals surface area (Å²) in [5.41, 5.74) is 1.50. The number of rotatable bonds is 7. The van der Waals surface area contributed by atoms with E-state index in [2.05, 4.69) is 5.32 Å². The molecule has 6 heteroatoms. The second-order valence-corrected chi connectivity index (χ2v) is 6.95. The molecule has 1 aliphatic rings. The summed E-state index contributed by atoms with van der Waals surface area (Å²) in [5.74, 6) is -1.65. The number of nitrogens with zero attached hydrogens (tertiary/aromatic N) is 1. The number of nitrogens with one attached hydrogen (secondary N) is 1. The first-order valence-electron chi connectivity index (χ1n) is 9.48. The number of amides is 2. The normalized spacial score (nSPS) is 16.3. The Morgan fingerprint density at radius 1 is 1.00 bits per heavy atom. The number of carbonyl (C=O) groups is 3. The van der Waals surface area contributed by atoms with E-state index in [-0.39, 0.29) is 12.3 Å². The molecule has 2 aromatic carbocycles. The quantitative estimate of drug-likeness (QED) is 0.773. The predicted octanol–water partition coefficient (Wildman–Crippen LogP) is 2.55. The van der Waals surface area contributed by atoms with Crippen molar-refractivity contribution in [1.29, 1.82) is 0 Å². The Labute approximate surface area is 164 Å². The van der Waals surface area contributed by atoms with Crippen LogP contribution in [0.3, 0.4) is 0 Å². The highest BCUT2D eigenvalue weighted by molar-refractivity contribution is 5.91. The zero-order valence-electron chi connectivity index (χ0n) is 15.6. The molecule has 6 nitrogen and oxygen atoms in total. The number of benzene rings is 2. The van der Waals surface area contributed by atoms with Gasteiger partial charge in [0.15, 0.2) is 0 Å². The minimum atomic E-state index is -1.10. The fraction of sp³-hybridized carbons (Fsp3) is 0.318. The lowest BCUT2D eigenvalue weighted by molar-refractivity contribution is -0.146. The Kier molecular flexibility index (Phi) is 6.42. The third kappa shape index (κ3) is 4.76. The van der Waals surface area contributed by atoms with E-state index < -0.39 is 24.0 Å². The number of hydrogen-bond acceptors (Lipinski definition) is 3. The second kappa shape index (κ2) is 9.17. The van der Waals surface area contributed by atoms with Gasteiger partial charge in [-0.15, -0.1) is 0 Å². The predicted molar refractivity (Wildman–Crippen MR) is 104 cm³/mol. The molecule has 1 heterocycles. The van der Waals surface area contributed by atoms with E-state index in [4.69, 9.17) is 0 Å². The summed E-state index contributed by atoms with van der Waals surface area (Å²) >= 11 is 0. The number of carboxylic acids is 1. The van der Waals surface area contributed by atoms with Gasteiger partial charge >= 0.3 is 5.97 Å². The molecule has 2 N–H and O–H groups in total. The highest BCUT2D eigenvalue weighted by Crippen LogP contribution is 2.26. The van der Waals surface area contributed by atoms with Crippen molar-refractivity contribution in [3.8, 4) is 0 Å². The van der Waals surface area contributed by atoms with Gasteiger partial charge in [-0.25, -0.2) is 4.79 Å². The fourth-order valence-corrected chi connectivity index (χ4v) is 3.51. The van der Waals surface area contributed by atoms with E-state index in [0.29, 0.717) is 18.5 Å². The number of carbonyl (C=O) groups excluding carboxylic acids is 2. The molecule has 1 fully saturated rings. The summed E-state index contributed by atoms with van der Waals surface area (Å²) in [6, 6.07) is 16.3. The zero-order valence-corrected chi connectivity index (χ0v) is 15.6. The summed E-state index contributed by atoms with van der Waals surface area (Å²) in [5, 5.41) is 12.3. The first kappa shape index (κ1) is 19.6. The van der Waals surface area contributed by atoms with E-state index >= 15 is 0 Å². The molecule has 2 unspecified atom stereocenters. The smallest absolute Gasteiger partial charge is 0.326 e. The number of hydrogen-bond donors (Lipinski definition) is 2. The highest BCUT2D eigenvalue weighted by Gasteiger charge is 2.34. The van der Waals surface area contributed by atoms with Crippen LogP contribution in [0, 0.1) is 0 Å². The summed E-state index contributed by atoms with van der Waals surface area (Å²) in [7, 11) is 0. The van der Waals surface area contributed by atoms with E-state index in [1.54, 1.807) is 17.0 Å². The van der Waals surface area contributed by atoms with E-state index in [1.807, 2.05) is 48.5 Å². The molecule has 146 valence electrons. The van der Waals surface area contributed by atoms with Gasteiger partial charge in [-0.3, -0.25) is 9.59 Å². The average Bonchev–Trinajstić information content (AvgIpc) is 2.71. The van der Waals surface area contributed by atoms with Crippen molar-refractivity contribution < 1.29 is 19.5 Å². The Balaban J connectivity index is 1.83. The van der Waals surface area contributed by atoms with Crippen molar-refractivity contribution >= 4 is 17.8 Å². The maximum absolute atomic E-state index is 13.1. The van der Waals surface area contributed by atoms with Crippen LogP contribution in [0.2, 0.25) is 0 Å². The van der Waals surface area contributed by atoms with Crippen LogP contribution in [0.25, 0.3) is 0 Å². The minimum Gasteiger partial charge on any atom is -0.480 e. The molecule has 0 aromatic heterocycles. The van der Waals surface area contributed by atoms with Gasteiger partial charge in [0.1, 0.15) is 12.1 Å². The monoisotopic (exact) mass is 380 g/mol. The number of aliphatic carboxylic acids is 1. The first-order valence-corrected chi connectivity index (χ1v) is 9.48. The van der Waals surface area contributed by atoms with Gasteiger partial charge in [0.2, 0.25) is 11.8 Å². The van der Waals surface area contributed by atoms with Gasteiger partial charge < -0.3 is 15.3 Å². The van der Waals surface area contributed by atoms with Crippen molar-refractivity contribution in [2.45, 2.75) is 37.8 Å². The number of carboxylic acid groups (broad SMARTS) is 1. The van der Waals surface area contributed by atoms with Gasteiger partial charge in [0.25, 0.3) is 0 Å². The topological polar surface area (TPSA) is 86.7 Å². The van der Waals surface area contributed by atoms with E-state index in [1.165, 1.54) is 0 Å². The van der Waals surface area contributed by atoms with Crippen LogP contribution in [0.4, 0.5) is 0 Å². The molecular weight excluding hydrogens is 356 g/mol. The first-order chi connectivity index (χ1) is 13.6. The molecule has 0 radical (unpaired) electrons. The number of likely N-dealkylation sites (tertiary alicyclic amines) is 1. The van der Waals surface area contributed by atoms with Crippen LogP contribution < -0.4 is 5.32 Å². The lowest BCUT2D eigenvalue weighted by Crippen LogP contribution is -2.50. The number of piperidine rings is 1. The average molecular weight is 380 g/mol. The van der Waals surface area contributed by atoms with Gasteiger partial charge in [0, 0.05) is 19.4 Å². The molecule has 2 aromatic rings. The molecule has 1 aliphatic heterocycles. The van der Waals surface area contributed by atoms with Crippen molar-refractivity contribution in [2.24, 2.45) is 0 Å². The Morgan fingerprint density at radius 2 is 1.64 bits per heavy atom. The molecule has 0 aliphatic carbocycles. The van der Waals surface area contributed by atoms with E-state index in [9.17, 15) is 19.5 Å². The fourth-order valence-electron chi connectivity index (χ4n) is 3.51. The maximum Gasteiger partial charge on any atom is 0.326 e. The Hall–Kier alpha value is -3.15. The van der Waals surface area contributed by atoms with Crippen molar-refractivity contribution in [3.63, 3.8) is 0 Å². The van der Waals surface area contributed by atoms with Crippen molar-refractivity contribution in [3.05, 3.63) is 71.8 Å². The lowest BCUT2D eigenvalue weighted by Gasteiger charge is -2.34. The molecule has 2 amide bonds. The van der Waals surface area contributed by atoms with Crippen LogP contribution in [0.1, 0.15) is 36.4 Å². The molecule has 0 saturated carbocycles. The standard InChI is InChI=1S/C22H24N2O4/c25-19-13-7-8-14-24(19)20(17-11-5-2-6-12-17)21(26)23-18(22(27)28)15-16-9-3-1-4-10-16/h1-6,9-12,18,20H,7-8,13-15H2,(H,23,26)(H,27,28). The lowest BCUT2D eigenvalue weighted by atomic mass is 9.99. The molecule has 2 atom stereocenters. The van der Waals surface area contributed by atoms with Crippen molar-refractivity contribution in [1.82, 2.24) is 10.2 Å². The maximum atomic E-state index is 13.1. The van der Waals surface area contributed by atoms with Crippen LogP contribution in [-0.4, -0.2) is 40.4 Å². The van der Waals surface area contributed by atoms with E-state index in [0.717, 1.165) is 18.4 Å². The molecule has 1 saturated heterocycles. The highest BCUT2D eigenvalue weighted by atomic mass is 16.4. The summed E-state index contributed by atoms with van der Waals surface area (Å²) in [6.45, 7) is 0.488. The summed E-state index contributed by atoms with van der Waals surface area (Å²) in [4.78, 5) is 38.9. The van der Waals surface area contributed by atoms with Crippen LogP contribution in [0.5, 0.6) is 0 Å². The summed E-state index contributed by atoms with van der Waals surface area (Å²) in [6.07, 6.45) is 2.22. The van der Waals surface area contributed by atoms with Crippen LogP contribution >= 0.6 is 0 Å². The Morgan fingerprint density at radius 3 is 2.25 bits per heavy atom.